The van der Waals surface area contributed by atoms with Crippen molar-refractivity contribution in [3.63, 3.8) is 0 Å². The first-order valence-corrected chi connectivity index (χ1v) is 25.8. The average Bonchev–Trinajstić information content (AvgIpc) is 3.47. The summed E-state index contributed by atoms with van der Waals surface area (Å²) < 4.78 is 0. The maximum atomic E-state index is 2.47. The van der Waals surface area contributed by atoms with Gasteiger partial charge >= 0.3 is 0 Å². The molecule has 0 radical (unpaired) electrons. The number of anilines is 5. The third-order valence-electron chi connectivity index (χ3n) is 15.1. The Bertz CT molecular complexity index is 4370. The largest absolute Gasteiger partial charge is 0.311 e. The smallest absolute Gasteiger partial charge is 0.0468 e. The van der Waals surface area contributed by atoms with Crippen LogP contribution in [-0.4, -0.2) is 0 Å². The van der Waals surface area contributed by atoms with Gasteiger partial charge in [-0.2, -0.15) is 0 Å². The van der Waals surface area contributed by atoms with Crippen LogP contribution in [0, 0.1) is 0 Å². The Balaban J connectivity index is 1.06. The van der Waals surface area contributed by atoms with E-state index in [9.17, 15) is 0 Å². The molecule has 13 aromatic rings. The van der Waals surface area contributed by atoms with Crippen molar-refractivity contribution in [2.24, 2.45) is 0 Å². The molecule has 0 saturated carbocycles. The summed E-state index contributed by atoms with van der Waals surface area (Å²) in [5.74, 6) is 0. The van der Waals surface area contributed by atoms with Gasteiger partial charge in [-0.25, -0.2) is 0 Å². The molecule has 0 aliphatic heterocycles. The van der Waals surface area contributed by atoms with E-state index in [1.165, 1.54) is 104 Å². The molecule has 2 heteroatoms. The molecule has 0 atom stereocenters. The Morgan fingerprint density at radius 2 is 0.743 bits per heavy atom. The SMILES string of the molecule is C1=CC(N(c2ccc3ccccc3c2)c2ccc3c(-c4ccc(-c5ccc6ccccc6c5)cc4)c4cc(N(c5ccccc5)c5ccc6ccccc6c5)ccc4c(-c4cccc5ccccc45)c3c2)=CCC1. The second kappa shape index (κ2) is 18.3. The van der Waals surface area contributed by atoms with Crippen LogP contribution in [0.2, 0.25) is 0 Å². The molecule has 0 aromatic heterocycles. The number of rotatable bonds is 9. The highest BCUT2D eigenvalue weighted by Crippen LogP contribution is 2.50. The van der Waals surface area contributed by atoms with Crippen LogP contribution in [0.25, 0.3) is 98.0 Å². The van der Waals surface area contributed by atoms with E-state index in [1.807, 2.05) is 0 Å². The van der Waals surface area contributed by atoms with E-state index in [1.54, 1.807) is 0 Å². The van der Waals surface area contributed by atoms with E-state index in [0.717, 1.165) is 41.3 Å². The fourth-order valence-electron chi connectivity index (χ4n) is 11.6. The topological polar surface area (TPSA) is 6.48 Å². The number of nitrogens with zero attached hydrogens (tertiary/aromatic N) is 2. The lowest BCUT2D eigenvalue weighted by Crippen LogP contribution is -2.16. The molecule has 0 bridgehead atoms. The Morgan fingerprint density at radius 3 is 1.41 bits per heavy atom. The van der Waals surface area contributed by atoms with Gasteiger partial charge in [0.05, 0.1) is 0 Å². The molecule has 0 fully saturated rings. The highest BCUT2D eigenvalue weighted by atomic mass is 15.1. The summed E-state index contributed by atoms with van der Waals surface area (Å²) in [4.78, 5) is 4.87. The molecule has 74 heavy (non-hydrogen) atoms. The van der Waals surface area contributed by atoms with Gasteiger partial charge < -0.3 is 9.80 Å². The molecule has 0 amide bonds. The summed E-state index contributed by atoms with van der Waals surface area (Å²) in [7, 11) is 0. The van der Waals surface area contributed by atoms with Crippen LogP contribution in [0.5, 0.6) is 0 Å². The molecule has 2 nitrogen and oxygen atoms in total. The van der Waals surface area contributed by atoms with Crippen LogP contribution in [0.3, 0.4) is 0 Å². The summed E-state index contributed by atoms with van der Waals surface area (Å²) in [6.45, 7) is 0. The lowest BCUT2D eigenvalue weighted by atomic mass is 9.84. The third-order valence-corrected chi connectivity index (χ3v) is 15.1. The Hall–Kier alpha value is -9.50. The Morgan fingerprint density at radius 1 is 0.257 bits per heavy atom. The van der Waals surface area contributed by atoms with Crippen LogP contribution in [0.1, 0.15) is 12.8 Å². The molecule has 1 aliphatic carbocycles. The van der Waals surface area contributed by atoms with E-state index in [4.69, 9.17) is 0 Å². The molecule has 14 rings (SSSR count). The van der Waals surface area contributed by atoms with Gasteiger partial charge in [0.25, 0.3) is 0 Å². The van der Waals surface area contributed by atoms with Gasteiger partial charge in [-0.15, -0.1) is 0 Å². The van der Waals surface area contributed by atoms with Crippen LogP contribution >= 0.6 is 0 Å². The van der Waals surface area contributed by atoms with E-state index in [0.29, 0.717) is 0 Å². The number of allylic oxidation sites excluding steroid dienone is 3. The zero-order valence-corrected chi connectivity index (χ0v) is 40.9. The fourth-order valence-corrected chi connectivity index (χ4v) is 11.6. The highest BCUT2D eigenvalue weighted by Gasteiger charge is 2.24. The van der Waals surface area contributed by atoms with Gasteiger partial charge in [0.2, 0.25) is 0 Å². The number of hydrogen-bond donors (Lipinski definition) is 0. The van der Waals surface area contributed by atoms with Crippen LogP contribution in [0.15, 0.2) is 285 Å². The van der Waals surface area contributed by atoms with Crippen molar-refractivity contribution in [2.45, 2.75) is 12.8 Å². The number of para-hydroxylation sites is 1. The van der Waals surface area contributed by atoms with E-state index in [2.05, 4.69) is 289 Å². The standard InChI is InChI=1S/C72H50N2/c1-3-24-59(25-4-1)73(61-38-36-50-17-8-11-21-56(50)45-61)63-41-43-68-69(47-63)71(54-33-30-52(31-34-54)58-35-32-49-16-7-10-20-55(49)44-58)67-42-40-64(48-70(67)72(68)66-29-15-23-53-19-13-14-28-65(53)66)74(60-26-5-2-6-27-60)62-39-37-51-18-9-12-22-57(51)46-62/h1,3-5,7-48H,2,6H2. The molecular formula is C72H50N2. The quantitative estimate of drug-likeness (QED) is 0.133. The van der Waals surface area contributed by atoms with Crippen molar-refractivity contribution in [2.75, 3.05) is 9.80 Å². The first-order valence-electron chi connectivity index (χ1n) is 25.8. The molecule has 0 unspecified atom stereocenters. The van der Waals surface area contributed by atoms with Crippen molar-refractivity contribution in [3.05, 3.63) is 285 Å². The Labute approximate surface area is 431 Å². The van der Waals surface area contributed by atoms with Crippen molar-refractivity contribution in [1.82, 2.24) is 0 Å². The lowest BCUT2D eigenvalue weighted by Gasteiger charge is -2.29. The summed E-state index contributed by atoms with van der Waals surface area (Å²) in [6, 6.07) is 96.6. The summed E-state index contributed by atoms with van der Waals surface area (Å²) in [6.07, 6.45) is 9.04. The predicted octanol–water partition coefficient (Wildman–Crippen LogP) is 20.4. The Kier molecular flexibility index (Phi) is 10.7. The highest BCUT2D eigenvalue weighted by molar-refractivity contribution is 6.24. The number of fused-ring (bicyclic) bond motifs is 6. The molecular weight excluding hydrogens is 893 g/mol. The van der Waals surface area contributed by atoms with Gasteiger partial charge in [0.1, 0.15) is 0 Å². The van der Waals surface area contributed by atoms with Gasteiger partial charge in [0, 0.05) is 34.1 Å². The van der Waals surface area contributed by atoms with E-state index >= 15 is 0 Å². The molecule has 0 N–H and O–H groups in total. The minimum Gasteiger partial charge on any atom is -0.311 e. The van der Waals surface area contributed by atoms with Gasteiger partial charge in [-0.3, -0.25) is 0 Å². The average molecular weight is 943 g/mol. The molecule has 0 heterocycles. The van der Waals surface area contributed by atoms with Crippen molar-refractivity contribution in [3.8, 4) is 33.4 Å². The van der Waals surface area contributed by atoms with E-state index < -0.39 is 0 Å². The maximum absolute atomic E-state index is 2.47. The van der Waals surface area contributed by atoms with Crippen LogP contribution in [-0.2, 0) is 0 Å². The first kappa shape index (κ1) is 43.3. The zero-order chi connectivity index (χ0) is 49.0. The minimum atomic E-state index is 0.996. The van der Waals surface area contributed by atoms with E-state index in [-0.39, 0.29) is 0 Å². The molecule has 0 spiro atoms. The maximum Gasteiger partial charge on any atom is 0.0468 e. The zero-order valence-electron chi connectivity index (χ0n) is 40.9. The van der Waals surface area contributed by atoms with Gasteiger partial charge in [-0.05, 0) is 184 Å². The summed E-state index contributed by atoms with van der Waals surface area (Å²) in [5.41, 5.74) is 13.9. The molecule has 348 valence electrons. The normalized spacial score (nSPS) is 12.5. The van der Waals surface area contributed by atoms with Crippen molar-refractivity contribution < 1.29 is 0 Å². The number of benzene rings is 13. The van der Waals surface area contributed by atoms with Crippen molar-refractivity contribution >= 4 is 93.1 Å². The summed E-state index contributed by atoms with van der Waals surface area (Å²) in [5, 5.41) is 14.6. The lowest BCUT2D eigenvalue weighted by molar-refractivity contribution is 0.998. The van der Waals surface area contributed by atoms with Crippen molar-refractivity contribution in [1.29, 1.82) is 0 Å². The number of hydrogen-bond acceptors (Lipinski definition) is 2. The van der Waals surface area contributed by atoms with Gasteiger partial charge in [0.15, 0.2) is 0 Å². The molecule has 13 aromatic carbocycles. The second-order valence-electron chi connectivity index (χ2n) is 19.6. The third kappa shape index (κ3) is 7.67. The molecule has 0 saturated heterocycles. The molecule has 1 aliphatic rings. The fraction of sp³-hybridized carbons (Fsp3) is 0.0278. The first-order chi connectivity index (χ1) is 36.7. The van der Waals surface area contributed by atoms with Crippen LogP contribution in [0.4, 0.5) is 28.4 Å². The summed E-state index contributed by atoms with van der Waals surface area (Å²) >= 11 is 0. The van der Waals surface area contributed by atoms with Gasteiger partial charge in [-0.1, -0.05) is 206 Å². The van der Waals surface area contributed by atoms with Crippen LogP contribution < -0.4 is 9.80 Å². The predicted molar refractivity (Wildman–Crippen MR) is 318 cm³/mol. The second-order valence-corrected chi connectivity index (χ2v) is 19.6. The minimum absolute atomic E-state index is 0.996. The monoisotopic (exact) mass is 942 g/mol.